The molecular weight excluding hydrogens is 236 g/mol. The molecule has 0 saturated carbocycles. The van der Waals surface area contributed by atoms with Crippen LogP contribution in [0.3, 0.4) is 0 Å². The van der Waals surface area contributed by atoms with E-state index in [1.165, 1.54) is 5.56 Å². The van der Waals surface area contributed by atoms with Gasteiger partial charge in [-0.2, -0.15) is 0 Å². The second-order valence-electron chi connectivity index (χ2n) is 4.84. The van der Waals surface area contributed by atoms with Crippen LogP contribution in [0.2, 0.25) is 0 Å². The van der Waals surface area contributed by atoms with E-state index in [4.69, 9.17) is 0 Å². The molecule has 3 nitrogen and oxygen atoms in total. The van der Waals surface area contributed by atoms with Crippen LogP contribution in [0.5, 0.6) is 0 Å². The fraction of sp³-hybridized carbons (Fsp3) is 0.188. The molecule has 0 saturated heterocycles. The first-order valence-corrected chi connectivity index (χ1v) is 6.43. The number of carbonyl (C=O) groups excluding carboxylic acids is 1. The molecule has 0 spiro atoms. The lowest BCUT2D eigenvalue weighted by Gasteiger charge is -2.30. The average Bonchev–Trinajstić information content (AvgIpc) is 2.44. The van der Waals surface area contributed by atoms with E-state index in [1.807, 2.05) is 29.2 Å². The number of fused-ring (bicyclic) bond motifs is 1. The molecule has 96 valence electrons. The number of nitrogens with one attached hydrogen (secondary N) is 1. The molecule has 1 heterocycles. The summed E-state index contributed by atoms with van der Waals surface area (Å²) in [6.45, 7) is 3.05. The largest absolute Gasteiger partial charge is 0.374 e. The van der Waals surface area contributed by atoms with Crippen molar-refractivity contribution in [3.8, 4) is 0 Å². The maximum atomic E-state index is 12.1. The molecule has 0 atom stereocenters. The van der Waals surface area contributed by atoms with E-state index in [0.717, 1.165) is 16.9 Å². The third-order valence-corrected chi connectivity index (χ3v) is 3.39. The van der Waals surface area contributed by atoms with Gasteiger partial charge in [-0.1, -0.05) is 42.0 Å². The minimum Gasteiger partial charge on any atom is -0.374 e. The van der Waals surface area contributed by atoms with Crippen LogP contribution in [0.4, 0.5) is 11.4 Å². The normalized spacial score (nSPS) is 13.9. The van der Waals surface area contributed by atoms with Gasteiger partial charge in [0.05, 0.1) is 24.5 Å². The monoisotopic (exact) mass is 252 g/mol. The Labute approximate surface area is 112 Å². The molecule has 3 rings (SSSR count). The van der Waals surface area contributed by atoms with Crippen molar-refractivity contribution in [3.63, 3.8) is 0 Å². The average molecular weight is 252 g/mol. The lowest BCUT2D eigenvalue weighted by atomic mass is 10.1. The van der Waals surface area contributed by atoms with Crippen LogP contribution in [-0.2, 0) is 11.3 Å². The topological polar surface area (TPSA) is 32.3 Å². The van der Waals surface area contributed by atoms with Crippen molar-refractivity contribution in [2.45, 2.75) is 13.5 Å². The van der Waals surface area contributed by atoms with Crippen molar-refractivity contribution in [2.75, 3.05) is 16.8 Å². The fourth-order valence-electron chi connectivity index (χ4n) is 2.31. The highest BCUT2D eigenvalue weighted by Crippen LogP contribution is 2.30. The summed E-state index contributed by atoms with van der Waals surface area (Å²) in [6, 6.07) is 16.2. The van der Waals surface area contributed by atoms with Gasteiger partial charge in [-0.3, -0.25) is 4.79 Å². The van der Waals surface area contributed by atoms with E-state index < -0.39 is 0 Å². The minimum absolute atomic E-state index is 0.110. The summed E-state index contributed by atoms with van der Waals surface area (Å²) in [4.78, 5) is 13.9. The summed E-state index contributed by atoms with van der Waals surface area (Å²) in [5.41, 5.74) is 4.36. The number of para-hydroxylation sites is 2. The molecule has 1 aliphatic heterocycles. The van der Waals surface area contributed by atoms with E-state index in [-0.39, 0.29) is 5.91 Å². The maximum Gasteiger partial charge on any atom is 0.246 e. The highest BCUT2D eigenvalue weighted by molar-refractivity contribution is 6.02. The number of benzene rings is 2. The molecule has 1 N–H and O–H groups in total. The second-order valence-corrected chi connectivity index (χ2v) is 4.84. The van der Waals surface area contributed by atoms with Gasteiger partial charge in [0, 0.05) is 0 Å². The Hall–Kier alpha value is -2.29. The molecule has 0 radical (unpaired) electrons. The van der Waals surface area contributed by atoms with E-state index in [0.29, 0.717) is 13.1 Å². The van der Waals surface area contributed by atoms with Crippen molar-refractivity contribution in [3.05, 3.63) is 59.7 Å². The third-order valence-electron chi connectivity index (χ3n) is 3.39. The van der Waals surface area contributed by atoms with Gasteiger partial charge >= 0.3 is 0 Å². The standard InChI is InChI=1S/C16H16N2O/c1-12-6-8-13(9-7-12)11-18-15-5-3-2-4-14(15)17-10-16(18)19/h2-9,17H,10-11H2,1H3. The van der Waals surface area contributed by atoms with Gasteiger partial charge in [0.1, 0.15) is 0 Å². The molecule has 0 unspecified atom stereocenters. The molecule has 0 bridgehead atoms. The number of anilines is 2. The Morgan fingerprint density at radius 3 is 2.63 bits per heavy atom. The maximum absolute atomic E-state index is 12.1. The van der Waals surface area contributed by atoms with E-state index in [2.05, 4.69) is 36.5 Å². The highest BCUT2D eigenvalue weighted by atomic mass is 16.2. The minimum atomic E-state index is 0.110. The molecule has 19 heavy (non-hydrogen) atoms. The molecule has 3 heteroatoms. The van der Waals surface area contributed by atoms with Crippen LogP contribution >= 0.6 is 0 Å². The van der Waals surface area contributed by atoms with Gasteiger partial charge < -0.3 is 10.2 Å². The third kappa shape index (κ3) is 2.32. The first-order chi connectivity index (χ1) is 9.24. The Balaban J connectivity index is 1.91. The summed E-state index contributed by atoms with van der Waals surface area (Å²) in [5, 5.41) is 3.15. The molecule has 2 aromatic rings. The van der Waals surface area contributed by atoms with Crippen molar-refractivity contribution < 1.29 is 4.79 Å². The molecule has 2 aromatic carbocycles. The summed E-state index contributed by atoms with van der Waals surface area (Å²) in [6.07, 6.45) is 0. The van der Waals surface area contributed by atoms with Gasteiger partial charge in [0.15, 0.2) is 0 Å². The SMILES string of the molecule is Cc1ccc(CN2C(=O)CNc3ccccc32)cc1. The van der Waals surface area contributed by atoms with E-state index >= 15 is 0 Å². The van der Waals surface area contributed by atoms with Crippen molar-refractivity contribution in [2.24, 2.45) is 0 Å². The van der Waals surface area contributed by atoms with Crippen LogP contribution < -0.4 is 10.2 Å². The number of hydrogen-bond donors (Lipinski definition) is 1. The Kier molecular flexibility index (Phi) is 2.95. The van der Waals surface area contributed by atoms with Crippen LogP contribution in [0, 0.1) is 6.92 Å². The highest BCUT2D eigenvalue weighted by Gasteiger charge is 2.23. The number of rotatable bonds is 2. The molecular formula is C16H16N2O. The second kappa shape index (κ2) is 4.76. The van der Waals surface area contributed by atoms with E-state index in [1.54, 1.807) is 0 Å². The first kappa shape index (κ1) is 11.8. The summed E-state index contributed by atoms with van der Waals surface area (Å²) < 4.78 is 0. The quantitative estimate of drug-likeness (QED) is 0.891. The number of aryl methyl sites for hydroxylation is 1. The zero-order chi connectivity index (χ0) is 13.2. The smallest absolute Gasteiger partial charge is 0.246 e. The summed E-state index contributed by atoms with van der Waals surface area (Å²) >= 11 is 0. The number of nitrogens with zero attached hydrogens (tertiary/aromatic N) is 1. The molecule has 0 aliphatic carbocycles. The van der Waals surface area contributed by atoms with Crippen molar-refractivity contribution in [1.29, 1.82) is 0 Å². The van der Waals surface area contributed by atoms with Crippen LogP contribution in [0.1, 0.15) is 11.1 Å². The fourth-order valence-corrected chi connectivity index (χ4v) is 2.31. The van der Waals surface area contributed by atoms with Crippen LogP contribution in [0.25, 0.3) is 0 Å². The zero-order valence-corrected chi connectivity index (χ0v) is 10.9. The van der Waals surface area contributed by atoms with Crippen molar-refractivity contribution in [1.82, 2.24) is 0 Å². The predicted molar refractivity (Wildman–Crippen MR) is 77.3 cm³/mol. The van der Waals surface area contributed by atoms with Crippen LogP contribution in [-0.4, -0.2) is 12.5 Å². The predicted octanol–water partition coefficient (Wildman–Crippen LogP) is 2.95. The Morgan fingerprint density at radius 2 is 1.84 bits per heavy atom. The summed E-state index contributed by atoms with van der Waals surface area (Å²) in [7, 11) is 0. The molecule has 0 fully saturated rings. The Bertz CT molecular complexity index is 604. The lowest BCUT2D eigenvalue weighted by molar-refractivity contribution is -0.117. The molecule has 1 aliphatic rings. The summed E-state index contributed by atoms with van der Waals surface area (Å²) in [5.74, 6) is 0.110. The zero-order valence-electron chi connectivity index (χ0n) is 10.9. The number of carbonyl (C=O) groups is 1. The first-order valence-electron chi connectivity index (χ1n) is 6.43. The Morgan fingerprint density at radius 1 is 1.11 bits per heavy atom. The van der Waals surface area contributed by atoms with Gasteiger partial charge in [-0.15, -0.1) is 0 Å². The van der Waals surface area contributed by atoms with Crippen LogP contribution in [0.15, 0.2) is 48.5 Å². The van der Waals surface area contributed by atoms with Gasteiger partial charge in [0.2, 0.25) is 5.91 Å². The number of hydrogen-bond acceptors (Lipinski definition) is 2. The van der Waals surface area contributed by atoms with Gasteiger partial charge in [-0.05, 0) is 24.6 Å². The van der Waals surface area contributed by atoms with Gasteiger partial charge in [-0.25, -0.2) is 0 Å². The lowest BCUT2D eigenvalue weighted by Crippen LogP contribution is -2.39. The van der Waals surface area contributed by atoms with Gasteiger partial charge in [0.25, 0.3) is 0 Å². The van der Waals surface area contributed by atoms with Crippen molar-refractivity contribution >= 4 is 17.3 Å². The number of amides is 1. The van der Waals surface area contributed by atoms with E-state index in [9.17, 15) is 4.79 Å². The molecule has 0 aromatic heterocycles. The molecule has 1 amide bonds.